The zero-order valence-corrected chi connectivity index (χ0v) is 13.2. The molecule has 0 bridgehead atoms. The molecule has 5 heteroatoms. The van der Waals surface area contributed by atoms with Crippen molar-refractivity contribution in [2.45, 2.75) is 20.0 Å². The summed E-state index contributed by atoms with van der Waals surface area (Å²) in [6.45, 7) is 3.06. The minimum Gasteiger partial charge on any atom is -0.491 e. The van der Waals surface area contributed by atoms with E-state index in [2.05, 4.69) is 10.6 Å². The van der Waals surface area contributed by atoms with E-state index in [1.54, 1.807) is 0 Å². The summed E-state index contributed by atoms with van der Waals surface area (Å²) in [5.74, 6) is 0.667. The molecule has 3 N–H and O–H groups in total. The number of aliphatic hydroxyl groups excluding tert-OH is 1. The van der Waals surface area contributed by atoms with Gasteiger partial charge < -0.3 is 20.5 Å². The molecule has 0 aliphatic heterocycles. The van der Waals surface area contributed by atoms with Crippen LogP contribution in [0, 0.1) is 6.92 Å². The molecule has 2 amide bonds. The van der Waals surface area contributed by atoms with Gasteiger partial charge in [0.2, 0.25) is 0 Å². The summed E-state index contributed by atoms with van der Waals surface area (Å²) in [7, 11) is 0. The van der Waals surface area contributed by atoms with Crippen LogP contribution in [-0.2, 0) is 13.1 Å². The number of carbonyl (C=O) groups is 1. The SMILES string of the molecule is Cc1cccc(CNC(=O)NCc2ccccc2OCCO)c1. The summed E-state index contributed by atoms with van der Waals surface area (Å²) in [5, 5.41) is 14.5. The van der Waals surface area contributed by atoms with Crippen molar-refractivity contribution in [2.75, 3.05) is 13.2 Å². The van der Waals surface area contributed by atoms with Crippen LogP contribution in [0.15, 0.2) is 48.5 Å². The second-order valence-electron chi connectivity index (χ2n) is 5.21. The van der Waals surface area contributed by atoms with Crippen molar-refractivity contribution in [3.05, 3.63) is 65.2 Å². The van der Waals surface area contributed by atoms with E-state index in [0.29, 0.717) is 18.8 Å². The van der Waals surface area contributed by atoms with E-state index < -0.39 is 0 Å². The molecule has 2 rings (SSSR count). The maximum absolute atomic E-state index is 11.9. The number of para-hydroxylation sites is 1. The quantitative estimate of drug-likeness (QED) is 0.735. The molecule has 0 aromatic heterocycles. The Kier molecular flexibility index (Phi) is 6.44. The van der Waals surface area contributed by atoms with Gasteiger partial charge in [0, 0.05) is 18.7 Å². The average Bonchev–Trinajstić information content (AvgIpc) is 2.57. The number of hydrogen-bond acceptors (Lipinski definition) is 3. The van der Waals surface area contributed by atoms with E-state index in [4.69, 9.17) is 9.84 Å². The van der Waals surface area contributed by atoms with Crippen molar-refractivity contribution in [3.63, 3.8) is 0 Å². The fourth-order valence-electron chi connectivity index (χ4n) is 2.19. The summed E-state index contributed by atoms with van der Waals surface area (Å²) in [6.07, 6.45) is 0. The molecular weight excluding hydrogens is 292 g/mol. The number of aliphatic hydroxyl groups is 1. The number of aryl methyl sites for hydroxylation is 1. The zero-order chi connectivity index (χ0) is 16.5. The number of urea groups is 1. The second-order valence-corrected chi connectivity index (χ2v) is 5.21. The van der Waals surface area contributed by atoms with Gasteiger partial charge >= 0.3 is 6.03 Å². The van der Waals surface area contributed by atoms with Gasteiger partial charge in [0.05, 0.1) is 6.61 Å². The van der Waals surface area contributed by atoms with Crippen molar-refractivity contribution in [1.29, 1.82) is 0 Å². The number of hydrogen-bond donors (Lipinski definition) is 3. The summed E-state index contributed by atoms with van der Waals surface area (Å²) in [6, 6.07) is 15.2. The lowest BCUT2D eigenvalue weighted by Crippen LogP contribution is -2.34. The number of amides is 2. The van der Waals surface area contributed by atoms with E-state index in [9.17, 15) is 4.79 Å². The first-order chi connectivity index (χ1) is 11.2. The highest BCUT2D eigenvalue weighted by molar-refractivity contribution is 5.73. The normalized spacial score (nSPS) is 10.2. The van der Waals surface area contributed by atoms with Gasteiger partial charge in [-0.05, 0) is 18.6 Å². The molecule has 23 heavy (non-hydrogen) atoms. The molecule has 0 radical (unpaired) electrons. The highest BCUT2D eigenvalue weighted by Crippen LogP contribution is 2.17. The number of ether oxygens (including phenoxy) is 1. The third-order valence-electron chi connectivity index (χ3n) is 3.30. The highest BCUT2D eigenvalue weighted by Gasteiger charge is 2.05. The Hall–Kier alpha value is -2.53. The molecule has 0 saturated carbocycles. The number of benzene rings is 2. The molecular formula is C18H22N2O3. The maximum Gasteiger partial charge on any atom is 0.315 e. The van der Waals surface area contributed by atoms with Gasteiger partial charge in [-0.25, -0.2) is 4.79 Å². The second kappa shape index (κ2) is 8.80. The molecule has 0 heterocycles. The third kappa shape index (κ3) is 5.64. The zero-order valence-electron chi connectivity index (χ0n) is 13.2. The first kappa shape index (κ1) is 16.8. The Balaban J connectivity index is 1.82. The standard InChI is InChI=1S/C18H22N2O3/c1-14-5-4-6-15(11-14)12-19-18(22)20-13-16-7-2-3-8-17(16)23-10-9-21/h2-8,11,21H,9-10,12-13H2,1H3,(H2,19,20,22). The molecule has 0 aliphatic rings. The Bertz CT molecular complexity index is 644. The van der Waals surface area contributed by atoms with Gasteiger partial charge in [-0.15, -0.1) is 0 Å². The molecule has 122 valence electrons. The maximum atomic E-state index is 11.9. The van der Waals surface area contributed by atoms with E-state index >= 15 is 0 Å². The topological polar surface area (TPSA) is 70.6 Å². The number of nitrogens with one attached hydrogen (secondary N) is 2. The lowest BCUT2D eigenvalue weighted by Gasteiger charge is -2.12. The first-order valence-corrected chi connectivity index (χ1v) is 7.58. The van der Waals surface area contributed by atoms with Crippen LogP contribution >= 0.6 is 0 Å². The van der Waals surface area contributed by atoms with Crippen molar-refractivity contribution in [3.8, 4) is 5.75 Å². The minimum absolute atomic E-state index is 0.0429. The third-order valence-corrected chi connectivity index (χ3v) is 3.30. The first-order valence-electron chi connectivity index (χ1n) is 7.58. The van der Waals surface area contributed by atoms with Crippen LogP contribution < -0.4 is 15.4 Å². The smallest absolute Gasteiger partial charge is 0.315 e. The number of rotatable bonds is 7. The Morgan fingerprint density at radius 2 is 1.87 bits per heavy atom. The summed E-state index contributed by atoms with van der Waals surface area (Å²) >= 11 is 0. The van der Waals surface area contributed by atoms with Crippen LogP contribution in [0.3, 0.4) is 0 Å². The van der Waals surface area contributed by atoms with Crippen molar-refractivity contribution in [2.24, 2.45) is 0 Å². The van der Waals surface area contributed by atoms with Crippen molar-refractivity contribution in [1.82, 2.24) is 10.6 Å². The lowest BCUT2D eigenvalue weighted by molar-refractivity contribution is 0.200. The van der Waals surface area contributed by atoms with Gasteiger partial charge in [0.25, 0.3) is 0 Å². The van der Waals surface area contributed by atoms with E-state index in [-0.39, 0.29) is 19.2 Å². The molecule has 0 saturated heterocycles. The van der Waals surface area contributed by atoms with Crippen LogP contribution in [-0.4, -0.2) is 24.4 Å². The van der Waals surface area contributed by atoms with Gasteiger partial charge in [-0.2, -0.15) is 0 Å². The van der Waals surface area contributed by atoms with E-state index in [1.165, 1.54) is 5.56 Å². The van der Waals surface area contributed by atoms with Crippen LogP contribution in [0.25, 0.3) is 0 Å². The predicted octanol–water partition coefficient (Wildman–Crippen LogP) is 2.37. The monoisotopic (exact) mass is 314 g/mol. The van der Waals surface area contributed by atoms with Crippen LogP contribution in [0.4, 0.5) is 4.79 Å². The molecule has 0 atom stereocenters. The average molecular weight is 314 g/mol. The van der Waals surface area contributed by atoms with E-state index in [0.717, 1.165) is 11.1 Å². The Labute approximate surface area is 136 Å². The van der Waals surface area contributed by atoms with Gasteiger partial charge in [-0.1, -0.05) is 48.0 Å². The molecule has 2 aromatic rings. The summed E-state index contributed by atoms with van der Waals surface area (Å²) in [4.78, 5) is 11.9. The molecule has 2 aromatic carbocycles. The summed E-state index contributed by atoms with van der Waals surface area (Å²) in [5.41, 5.74) is 3.10. The largest absolute Gasteiger partial charge is 0.491 e. The summed E-state index contributed by atoms with van der Waals surface area (Å²) < 4.78 is 5.44. The van der Waals surface area contributed by atoms with E-state index in [1.807, 2.05) is 55.5 Å². The minimum atomic E-state index is -0.233. The Morgan fingerprint density at radius 3 is 2.65 bits per heavy atom. The fourth-order valence-corrected chi connectivity index (χ4v) is 2.19. The highest BCUT2D eigenvalue weighted by atomic mass is 16.5. The van der Waals surface area contributed by atoms with Crippen molar-refractivity contribution < 1.29 is 14.6 Å². The number of carbonyl (C=O) groups excluding carboxylic acids is 1. The van der Waals surface area contributed by atoms with Crippen LogP contribution in [0.1, 0.15) is 16.7 Å². The molecule has 0 fully saturated rings. The molecule has 0 spiro atoms. The molecule has 0 aliphatic carbocycles. The molecule has 5 nitrogen and oxygen atoms in total. The van der Waals surface area contributed by atoms with Crippen molar-refractivity contribution >= 4 is 6.03 Å². The Morgan fingerprint density at radius 1 is 1.09 bits per heavy atom. The molecule has 0 unspecified atom stereocenters. The van der Waals surface area contributed by atoms with Gasteiger partial charge in [0.1, 0.15) is 12.4 Å². The van der Waals surface area contributed by atoms with Crippen LogP contribution in [0.5, 0.6) is 5.75 Å². The fraction of sp³-hybridized carbons (Fsp3) is 0.278. The van der Waals surface area contributed by atoms with Gasteiger partial charge in [0.15, 0.2) is 0 Å². The lowest BCUT2D eigenvalue weighted by atomic mass is 10.1. The van der Waals surface area contributed by atoms with Crippen LogP contribution in [0.2, 0.25) is 0 Å². The van der Waals surface area contributed by atoms with Gasteiger partial charge in [-0.3, -0.25) is 0 Å². The predicted molar refractivity (Wildman–Crippen MR) is 89.3 cm³/mol.